The Balaban J connectivity index is 0.000000366. The SMILES string of the molecule is O=C(O)/C=C/C(=O)O.[3H]C(CO[C@]1(c2ccccc2)C[C@H]2CC[C@]1(C)C2(C)C)N(C)C. The number of rotatable bonds is 7. The Morgan fingerprint density at radius 2 is 1.73 bits per heavy atom. The van der Waals surface area contributed by atoms with Crippen molar-refractivity contribution in [3.63, 3.8) is 0 Å². The van der Waals surface area contributed by atoms with E-state index in [1.807, 2.05) is 19.0 Å². The van der Waals surface area contributed by atoms with E-state index in [4.69, 9.17) is 16.3 Å². The summed E-state index contributed by atoms with van der Waals surface area (Å²) >= 11 is 0. The van der Waals surface area contributed by atoms with Gasteiger partial charge < -0.3 is 19.8 Å². The number of aliphatic carboxylic acids is 2. The number of hydrogen-bond acceptors (Lipinski definition) is 4. The van der Waals surface area contributed by atoms with Crippen LogP contribution in [0.2, 0.25) is 0 Å². The monoisotopic (exact) mass is 419 g/mol. The maximum Gasteiger partial charge on any atom is 0.328 e. The molecule has 2 N–H and O–H groups in total. The Labute approximate surface area is 180 Å². The molecule has 0 radical (unpaired) electrons. The third-order valence-corrected chi connectivity index (χ3v) is 7.24. The summed E-state index contributed by atoms with van der Waals surface area (Å²) in [5.41, 5.74) is 1.44. The minimum Gasteiger partial charge on any atom is -0.478 e. The molecule has 0 amide bonds. The van der Waals surface area contributed by atoms with Gasteiger partial charge in [-0.05, 0) is 50.3 Å². The first kappa shape index (κ1) is 22.5. The van der Waals surface area contributed by atoms with Gasteiger partial charge in [0.25, 0.3) is 0 Å². The van der Waals surface area contributed by atoms with E-state index < -0.39 is 11.9 Å². The van der Waals surface area contributed by atoms with Gasteiger partial charge >= 0.3 is 11.9 Å². The van der Waals surface area contributed by atoms with E-state index in [9.17, 15) is 9.59 Å². The van der Waals surface area contributed by atoms with Crippen LogP contribution >= 0.6 is 0 Å². The van der Waals surface area contributed by atoms with E-state index in [0.29, 0.717) is 24.7 Å². The quantitative estimate of drug-likeness (QED) is 0.649. The molecule has 1 aromatic rings. The van der Waals surface area contributed by atoms with E-state index in [0.717, 1.165) is 6.42 Å². The van der Waals surface area contributed by atoms with Gasteiger partial charge in [-0.25, -0.2) is 9.59 Å². The summed E-state index contributed by atoms with van der Waals surface area (Å²) in [6.45, 7) is 7.40. The molecule has 2 saturated carbocycles. The maximum atomic E-state index is 9.55. The third-order valence-electron chi connectivity index (χ3n) is 7.24. The van der Waals surface area contributed by atoms with Crippen LogP contribution in [-0.4, -0.2) is 54.3 Å². The van der Waals surface area contributed by atoms with Crippen LogP contribution < -0.4 is 0 Å². The van der Waals surface area contributed by atoms with Crippen molar-refractivity contribution in [3.05, 3.63) is 48.0 Å². The minimum absolute atomic E-state index is 0.123. The van der Waals surface area contributed by atoms with Crippen LogP contribution in [0.5, 0.6) is 0 Å². The van der Waals surface area contributed by atoms with E-state index in [1.165, 1.54) is 18.4 Å². The number of carboxylic acids is 2. The molecule has 1 aromatic carbocycles. The summed E-state index contributed by atoms with van der Waals surface area (Å²) in [7, 11) is 3.89. The smallest absolute Gasteiger partial charge is 0.328 e. The second kappa shape index (κ2) is 9.31. The summed E-state index contributed by atoms with van der Waals surface area (Å²) in [6.07, 6.45) is 4.72. The Bertz CT molecular complexity index is 793. The molecule has 0 saturated heterocycles. The van der Waals surface area contributed by atoms with E-state index in [-0.39, 0.29) is 23.0 Å². The molecule has 2 aliphatic carbocycles. The van der Waals surface area contributed by atoms with Crippen LogP contribution in [0.1, 0.15) is 47.0 Å². The van der Waals surface area contributed by atoms with Gasteiger partial charge in [-0.2, -0.15) is 0 Å². The second-order valence-corrected chi connectivity index (χ2v) is 9.15. The van der Waals surface area contributed by atoms with Gasteiger partial charge in [-0.15, -0.1) is 0 Å². The van der Waals surface area contributed by atoms with Crippen molar-refractivity contribution in [2.24, 2.45) is 16.7 Å². The van der Waals surface area contributed by atoms with Crippen LogP contribution in [0.15, 0.2) is 42.5 Å². The van der Waals surface area contributed by atoms with Crippen LogP contribution in [-0.2, 0) is 19.9 Å². The van der Waals surface area contributed by atoms with E-state index >= 15 is 0 Å². The number of benzene rings is 1. The minimum atomic E-state index is -1.26. The Morgan fingerprint density at radius 3 is 2.13 bits per heavy atom. The van der Waals surface area contributed by atoms with Gasteiger partial charge in [0.15, 0.2) is 0 Å². The molecule has 0 heterocycles. The van der Waals surface area contributed by atoms with Gasteiger partial charge in [0.2, 0.25) is 0 Å². The molecule has 2 bridgehead atoms. The highest BCUT2D eigenvalue weighted by Gasteiger charge is 2.69. The van der Waals surface area contributed by atoms with E-state index in [1.54, 1.807) is 0 Å². The van der Waals surface area contributed by atoms with Crippen molar-refractivity contribution < 1.29 is 25.9 Å². The normalized spacial score (nSPS) is 30.6. The van der Waals surface area contributed by atoms with Gasteiger partial charge in [0.1, 0.15) is 0 Å². The summed E-state index contributed by atoms with van der Waals surface area (Å²) in [4.78, 5) is 21.0. The summed E-state index contributed by atoms with van der Waals surface area (Å²) in [6, 6.07) is 10.7. The molecule has 0 aliphatic heterocycles. The molecule has 0 aromatic heterocycles. The van der Waals surface area contributed by atoms with Crippen molar-refractivity contribution in [1.29, 1.82) is 0 Å². The molecule has 166 valence electrons. The topological polar surface area (TPSA) is 87.1 Å². The van der Waals surface area contributed by atoms with Crippen LogP contribution in [0, 0.1) is 16.7 Å². The number of nitrogens with zero attached hydrogens (tertiary/aromatic N) is 1. The zero-order valence-corrected chi connectivity index (χ0v) is 18.6. The fourth-order valence-corrected chi connectivity index (χ4v) is 5.16. The largest absolute Gasteiger partial charge is 0.478 e. The summed E-state index contributed by atoms with van der Waals surface area (Å²) in [5.74, 6) is -1.81. The maximum absolute atomic E-state index is 9.55. The molecular formula is C24H35NO5. The molecule has 6 nitrogen and oxygen atoms in total. The van der Waals surface area contributed by atoms with Crippen molar-refractivity contribution in [1.82, 2.24) is 4.90 Å². The fourth-order valence-electron chi connectivity index (χ4n) is 5.16. The molecule has 6 heteroatoms. The fraction of sp³-hybridized carbons (Fsp3) is 0.583. The van der Waals surface area contributed by atoms with Gasteiger partial charge in [0, 0.05) is 25.5 Å². The molecule has 0 spiro atoms. The zero-order valence-electron chi connectivity index (χ0n) is 19.6. The van der Waals surface area contributed by atoms with Crippen molar-refractivity contribution in [3.8, 4) is 0 Å². The lowest BCUT2D eigenvalue weighted by atomic mass is 9.62. The predicted molar refractivity (Wildman–Crippen MR) is 116 cm³/mol. The number of fused-ring (bicyclic) bond motifs is 2. The van der Waals surface area contributed by atoms with Gasteiger partial charge in [-0.1, -0.05) is 51.1 Å². The average Bonchev–Trinajstić information content (AvgIpc) is 3.04. The number of hydrogen-bond donors (Lipinski definition) is 2. The van der Waals surface area contributed by atoms with E-state index in [2.05, 4.69) is 51.1 Å². The highest BCUT2D eigenvalue weighted by atomic mass is 16.5. The highest BCUT2D eigenvalue weighted by Crippen LogP contribution is 2.73. The number of likely N-dealkylation sites (N-methyl/N-ethyl adjacent to an activating group) is 1. The first-order valence-corrected chi connectivity index (χ1v) is 10.3. The third kappa shape index (κ3) is 4.60. The zero-order chi connectivity index (χ0) is 23.4. The highest BCUT2D eigenvalue weighted by molar-refractivity contribution is 5.89. The lowest BCUT2D eigenvalue weighted by Crippen LogP contribution is -2.47. The number of carboxylic acid groups (broad SMARTS) is 2. The number of ether oxygens (including phenoxy) is 1. The van der Waals surface area contributed by atoms with Gasteiger partial charge in [-0.3, -0.25) is 0 Å². The second-order valence-electron chi connectivity index (χ2n) is 9.15. The van der Waals surface area contributed by atoms with Crippen molar-refractivity contribution >= 4 is 11.9 Å². The lowest BCUT2D eigenvalue weighted by Gasteiger charge is -2.49. The Hall–Kier alpha value is -2.18. The molecule has 4 atom stereocenters. The standard InChI is InChI=1S/C20H31NO.C4H4O4/c1-18(2)17-11-12-19(18,3)20(15-17,22-14-13-21(4)5)16-9-7-6-8-10-16;5-3(6)1-2-4(7)8/h6-10,17H,11-15H2,1-5H3;1-2H,(H,5,6)(H,7,8)/b;2-1+/t17-,19-,20+;/m1./s1/i13T;/t13?,17-,19-,20+;. The lowest BCUT2D eigenvalue weighted by molar-refractivity contribution is -0.148. The van der Waals surface area contributed by atoms with Crippen molar-refractivity contribution in [2.75, 3.05) is 27.2 Å². The van der Waals surface area contributed by atoms with Gasteiger partial charge in [0.05, 0.1) is 12.2 Å². The molecule has 2 fully saturated rings. The first-order chi connectivity index (χ1) is 14.4. The molecule has 30 heavy (non-hydrogen) atoms. The average molecular weight is 420 g/mol. The van der Waals surface area contributed by atoms with Crippen LogP contribution in [0.4, 0.5) is 0 Å². The summed E-state index contributed by atoms with van der Waals surface area (Å²) in [5, 5.41) is 15.6. The molecular weight excluding hydrogens is 382 g/mol. The predicted octanol–water partition coefficient (Wildman–Crippen LogP) is 4.02. The number of carbonyl (C=O) groups is 2. The molecule has 2 aliphatic rings. The summed E-state index contributed by atoms with van der Waals surface area (Å²) < 4.78 is 14.9. The first-order valence-electron chi connectivity index (χ1n) is 10.9. The van der Waals surface area contributed by atoms with Crippen LogP contribution in [0.25, 0.3) is 0 Å². The molecule has 1 unspecified atom stereocenters. The Kier molecular flexibility index (Phi) is 6.98. The molecule has 3 rings (SSSR count). The van der Waals surface area contributed by atoms with Crippen molar-refractivity contribution in [2.45, 2.75) is 45.6 Å². The van der Waals surface area contributed by atoms with Crippen LogP contribution in [0.3, 0.4) is 0 Å². The Morgan fingerprint density at radius 1 is 1.17 bits per heavy atom.